The van der Waals surface area contributed by atoms with Crippen LogP contribution in [-0.4, -0.2) is 0 Å². The van der Waals surface area contributed by atoms with Crippen molar-refractivity contribution in [3.63, 3.8) is 0 Å². The van der Waals surface area contributed by atoms with E-state index in [2.05, 4.69) is 106 Å². The lowest BCUT2D eigenvalue weighted by Crippen LogP contribution is -2.39. The van der Waals surface area contributed by atoms with Gasteiger partial charge in [0.15, 0.2) is 0 Å². The number of fused-ring (bicyclic) bond motifs is 1. The summed E-state index contributed by atoms with van der Waals surface area (Å²) in [7, 11) is 0. The van der Waals surface area contributed by atoms with Crippen molar-refractivity contribution in [2.75, 3.05) is 0 Å². The fourth-order valence-electron chi connectivity index (χ4n) is 7.57. The molecule has 0 bridgehead atoms. The summed E-state index contributed by atoms with van der Waals surface area (Å²) in [5.41, 5.74) is 8.85. The zero-order valence-electron chi connectivity index (χ0n) is 29.1. The van der Waals surface area contributed by atoms with Gasteiger partial charge in [-0.15, -0.1) is 13.2 Å². The van der Waals surface area contributed by atoms with Crippen LogP contribution in [0.2, 0.25) is 0 Å². The molecule has 2 rings (SSSR count). The van der Waals surface area contributed by atoms with Crippen LogP contribution in [0.15, 0.2) is 43.5 Å². The van der Waals surface area contributed by atoms with Crippen molar-refractivity contribution in [1.29, 1.82) is 0 Å². The first-order valence-electron chi connectivity index (χ1n) is 17.6. The van der Waals surface area contributed by atoms with E-state index in [1.807, 2.05) is 0 Å². The predicted octanol–water partition coefficient (Wildman–Crippen LogP) is 13.2. The molecule has 0 aromatic heterocycles. The van der Waals surface area contributed by atoms with Crippen molar-refractivity contribution >= 4 is 5.57 Å². The Morgan fingerprint density at radius 3 is 2.05 bits per heavy atom. The fraction of sp³-hybridized carbons (Fsp3) is 0.707. The van der Waals surface area contributed by atoms with Gasteiger partial charge in [-0.05, 0) is 127 Å². The third-order valence-electron chi connectivity index (χ3n) is 12.0. The summed E-state index contributed by atoms with van der Waals surface area (Å²) in [5, 5.41) is 0. The van der Waals surface area contributed by atoms with E-state index in [9.17, 15) is 0 Å². The molecule has 3 atom stereocenters. The molecular weight excluding hydrogens is 492 g/mol. The highest BCUT2D eigenvalue weighted by Gasteiger charge is 2.44. The summed E-state index contributed by atoms with van der Waals surface area (Å²) in [5.74, 6) is 1.42. The van der Waals surface area contributed by atoms with Gasteiger partial charge in [-0.1, -0.05) is 118 Å². The van der Waals surface area contributed by atoms with Crippen molar-refractivity contribution in [2.24, 2.45) is 22.7 Å². The number of rotatable bonds is 20. The number of allylic oxidation sites excluding steroid dienone is 4. The summed E-state index contributed by atoms with van der Waals surface area (Å²) < 4.78 is 0. The molecule has 0 N–H and O–H groups in total. The van der Waals surface area contributed by atoms with Crippen molar-refractivity contribution in [2.45, 2.75) is 164 Å². The van der Waals surface area contributed by atoms with Crippen LogP contribution < -0.4 is 0 Å². The Morgan fingerprint density at radius 1 is 0.854 bits per heavy atom. The molecule has 0 heteroatoms. The first kappa shape index (κ1) is 35.6. The smallest absolute Gasteiger partial charge is 0.00463 e. The van der Waals surface area contributed by atoms with Crippen LogP contribution in [0.4, 0.5) is 0 Å². The minimum atomic E-state index is 0.166. The maximum absolute atomic E-state index is 4.17. The standard InChI is InChI=1S/C41H68/c1-12-20-22-25-33(23-14-3)27-35-30-41(11,40(10,18-7)19-8)31-38-34(26-32(15-4)24-21-13-2)28-36(29-37(35)38)39(9,16-5)17-6/h12,14,28-30,32-33H,1,3,13,15-27,31H2,2,4-11H3. The van der Waals surface area contributed by atoms with Gasteiger partial charge in [0.05, 0.1) is 0 Å². The highest BCUT2D eigenvalue weighted by molar-refractivity contribution is 5.74. The third-order valence-corrected chi connectivity index (χ3v) is 12.0. The van der Waals surface area contributed by atoms with E-state index in [1.165, 1.54) is 83.5 Å². The molecule has 0 aliphatic heterocycles. The fourth-order valence-corrected chi connectivity index (χ4v) is 7.57. The molecule has 0 saturated carbocycles. The van der Waals surface area contributed by atoms with Gasteiger partial charge in [0, 0.05) is 0 Å². The molecule has 0 saturated heterocycles. The van der Waals surface area contributed by atoms with Gasteiger partial charge in [0.25, 0.3) is 0 Å². The second-order valence-electron chi connectivity index (χ2n) is 14.4. The molecule has 0 radical (unpaired) electrons. The third kappa shape index (κ3) is 8.51. The Balaban J connectivity index is 2.82. The van der Waals surface area contributed by atoms with Crippen molar-refractivity contribution in [3.05, 3.63) is 65.8 Å². The lowest BCUT2D eigenvalue weighted by Gasteiger charge is -2.48. The van der Waals surface area contributed by atoms with E-state index in [0.717, 1.165) is 18.8 Å². The first-order chi connectivity index (χ1) is 19.5. The quantitative estimate of drug-likeness (QED) is 0.110. The number of unbranched alkanes of at least 4 members (excludes halogenated alkanes) is 2. The van der Waals surface area contributed by atoms with E-state index in [4.69, 9.17) is 0 Å². The van der Waals surface area contributed by atoms with Gasteiger partial charge >= 0.3 is 0 Å². The average Bonchev–Trinajstić information content (AvgIpc) is 2.98. The van der Waals surface area contributed by atoms with Crippen LogP contribution in [0.3, 0.4) is 0 Å². The molecule has 0 heterocycles. The van der Waals surface area contributed by atoms with Crippen LogP contribution in [0, 0.1) is 22.7 Å². The maximum atomic E-state index is 4.17. The molecule has 3 unspecified atom stereocenters. The second kappa shape index (κ2) is 16.3. The Morgan fingerprint density at radius 2 is 1.51 bits per heavy atom. The van der Waals surface area contributed by atoms with E-state index in [0.29, 0.717) is 5.92 Å². The molecule has 1 aromatic carbocycles. The Kier molecular flexibility index (Phi) is 14.2. The van der Waals surface area contributed by atoms with Crippen LogP contribution in [0.25, 0.3) is 5.57 Å². The Labute approximate surface area is 257 Å². The lowest BCUT2D eigenvalue weighted by molar-refractivity contribution is 0.106. The zero-order valence-corrected chi connectivity index (χ0v) is 29.1. The number of benzene rings is 1. The van der Waals surface area contributed by atoms with Gasteiger partial charge in [0.1, 0.15) is 0 Å². The molecule has 0 spiro atoms. The molecule has 1 aromatic rings. The SMILES string of the molecule is C=CCCCC(CC=C)CC1=CC(C)(C(C)(CC)CC)Cc2c(CC(CC)CCCC)cc(C(C)(CC)CC)cc21. The summed E-state index contributed by atoms with van der Waals surface area (Å²) in [6, 6.07) is 5.35. The largest absolute Gasteiger partial charge is 0.103 e. The van der Waals surface area contributed by atoms with Crippen LogP contribution >= 0.6 is 0 Å². The minimum Gasteiger partial charge on any atom is -0.103 e. The van der Waals surface area contributed by atoms with Crippen molar-refractivity contribution in [1.82, 2.24) is 0 Å². The van der Waals surface area contributed by atoms with Gasteiger partial charge < -0.3 is 0 Å². The summed E-state index contributed by atoms with van der Waals surface area (Å²) in [6.45, 7) is 30.2. The maximum Gasteiger partial charge on any atom is -0.00463 e. The van der Waals surface area contributed by atoms with Crippen LogP contribution in [-0.2, 0) is 18.3 Å². The highest BCUT2D eigenvalue weighted by Crippen LogP contribution is 2.54. The Bertz CT molecular complexity index is 982. The Hall–Kier alpha value is -1.56. The van der Waals surface area contributed by atoms with E-state index < -0.39 is 0 Å². The lowest BCUT2D eigenvalue weighted by atomic mass is 9.56. The molecule has 0 amide bonds. The molecular formula is C41H68. The molecule has 0 fully saturated rings. The summed E-state index contributed by atoms with van der Waals surface area (Å²) in [6.07, 6.45) is 25.4. The first-order valence-corrected chi connectivity index (χ1v) is 17.6. The van der Waals surface area contributed by atoms with Gasteiger partial charge in [0.2, 0.25) is 0 Å². The van der Waals surface area contributed by atoms with E-state index >= 15 is 0 Å². The summed E-state index contributed by atoms with van der Waals surface area (Å²) >= 11 is 0. The van der Waals surface area contributed by atoms with Gasteiger partial charge in [-0.3, -0.25) is 0 Å². The monoisotopic (exact) mass is 561 g/mol. The molecule has 232 valence electrons. The highest BCUT2D eigenvalue weighted by atomic mass is 14.5. The van der Waals surface area contributed by atoms with Crippen molar-refractivity contribution < 1.29 is 0 Å². The molecule has 41 heavy (non-hydrogen) atoms. The van der Waals surface area contributed by atoms with Gasteiger partial charge in [-0.25, -0.2) is 0 Å². The minimum absolute atomic E-state index is 0.166. The van der Waals surface area contributed by atoms with Crippen LogP contribution in [0.1, 0.15) is 168 Å². The second-order valence-corrected chi connectivity index (χ2v) is 14.4. The molecule has 1 aliphatic carbocycles. The van der Waals surface area contributed by atoms with Crippen molar-refractivity contribution in [3.8, 4) is 0 Å². The zero-order chi connectivity index (χ0) is 30.7. The normalized spacial score (nSPS) is 18.9. The predicted molar refractivity (Wildman–Crippen MR) is 187 cm³/mol. The molecule has 1 aliphatic rings. The number of hydrogen-bond donors (Lipinski definition) is 0. The van der Waals surface area contributed by atoms with Gasteiger partial charge in [-0.2, -0.15) is 0 Å². The average molecular weight is 561 g/mol. The number of hydrogen-bond acceptors (Lipinski definition) is 0. The summed E-state index contributed by atoms with van der Waals surface area (Å²) in [4.78, 5) is 0. The van der Waals surface area contributed by atoms with Crippen LogP contribution in [0.5, 0.6) is 0 Å². The molecule has 0 nitrogen and oxygen atoms in total. The van der Waals surface area contributed by atoms with E-state index in [-0.39, 0.29) is 16.2 Å². The topological polar surface area (TPSA) is 0 Å². The van der Waals surface area contributed by atoms with E-state index in [1.54, 1.807) is 27.8 Å².